The summed E-state index contributed by atoms with van der Waals surface area (Å²) in [5, 5.41) is 6.44. The van der Waals surface area contributed by atoms with Crippen LogP contribution in [0.2, 0.25) is 0 Å². The van der Waals surface area contributed by atoms with Crippen LogP contribution in [0.1, 0.15) is 32.1 Å². The second kappa shape index (κ2) is 5.92. The molecule has 1 aromatic rings. The molecule has 1 aliphatic rings. The molecular formula is C12H19NS2. The highest BCUT2D eigenvalue weighted by Crippen LogP contribution is 2.35. The first-order valence-electron chi connectivity index (χ1n) is 5.77. The first-order chi connectivity index (χ1) is 7.40. The summed E-state index contributed by atoms with van der Waals surface area (Å²) >= 11 is 3.94. The zero-order chi connectivity index (χ0) is 10.5. The largest absolute Gasteiger partial charge is 0.316 e. The molecular weight excluding hydrogens is 222 g/mol. The highest BCUT2D eigenvalue weighted by molar-refractivity contribution is 8.01. The molecule has 1 aromatic heterocycles. The fraction of sp³-hybridized carbons (Fsp3) is 0.667. The molecule has 84 valence electrons. The molecule has 3 heteroatoms. The zero-order valence-corrected chi connectivity index (χ0v) is 10.9. The minimum absolute atomic E-state index is 0.708. The highest BCUT2D eigenvalue weighted by Gasteiger charge is 2.23. The Balaban J connectivity index is 1.97. The van der Waals surface area contributed by atoms with Gasteiger partial charge in [0.15, 0.2) is 0 Å². The van der Waals surface area contributed by atoms with Crippen molar-refractivity contribution in [2.75, 3.05) is 7.05 Å². The highest BCUT2D eigenvalue weighted by atomic mass is 32.2. The van der Waals surface area contributed by atoms with E-state index >= 15 is 0 Å². The van der Waals surface area contributed by atoms with E-state index in [1.54, 1.807) is 0 Å². The molecule has 0 amide bonds. The van der Waals surface area contributed by atoms with Gasteiger partial charge in [-0.25, -0.2) is 0 Å². The van der Waals surface area contributed by atoms with Crippen molar-refractivity contribution in [3.63, 3.8) is 0 Å². The molecule has 1 heterocycles. The molecule has 1 fully saturated rings. The summed E-state index contributed by atoms with van der Waals surface area (Å²) in [4.78, 5) is 0. The normalized spacial score (nSPS) is 27.5. The van der Waals surface area contributed by atoms with Gasteiger partial charge < -0.3 is 5.32 Å². The van der Waals surface area contributed by atoms with Crippen molar-refractivity contribution in [3.05, 3.63) is 17.5 Å². The van der Waals surface area contributed by atoms with E-state index in [4.69, 9.17) is 0 Å². The van der Waals surface area contributed by atoms with Gasteiger partial charge in [-0.05, 0) is 31.3 Å². The smallest absolute Gasteiger partial charge is 0.0601 e. The fourth-order valence-electron chi connectivity index (χ4n) is 2.22. The average Bonchev–Trinajstić information content (AvgIpc) is 2.64. The second-order valence-corrected chi connectivity index (χ2v) is 6.61. The number of hydrogen-bond donors (Lipinski definition) is 1. The SMILES string of the molecule is CNC1CCCCCC1Sc1cccs1. The number of nitrogens with one attached hydrogen (secondary N) is 1. The topological polar surface area (TPSA) is 12.0 Å². The third-order valence-corrected chi connectivity index (χ3v) is 5.56. The van der Waals surface area contributed by atoms with Crippen LogP contribution in [0.4, 0.5) is 0 Å². The second-order valence-electron chi connectivity index (χ2n) is 4.12. The lowest BCUT2D eigenvalue weighted by atomic mass is 10.1. The lowest BCUT2D eigenvalue weighted by Gasteiger charge is -2.23. The fourth-order valence-corrected chi connectivity index (χ4v) is 4.61. The van der Waals surface area contributed by atoms with Gasteiger partial charge in [-0.1, -0.05) is 25.3 Å². The minimum atomic E-state index is 0.708. The van der Waals surface area contributed by atoms with Gasteiger partial charge in [-0.2, -0.15) is 0 Å². The lowest BCUT2D eigenvalue weighted by Crippen LogP contribution is -2.34. The Morgan fingerprint density at radius 1 is 1.33 bits per heavy atom. The molecule has 2 unspecified atom stereocenters. The van der Waals surface area contributed by atoms with Gasteiger partial charge in [0.25, 0.3) is 0 Å². The summed E-state index contributed by atoms with van der Waals surface area (Å²) in [6.45, 7) is 0. The van der Waals surface area contributed by atoms with E-state index < -0.39 is 0 Å². The average molecular weight is 241 g/mol. The quantitative estimate of drug-likeness (QED) is 0.809. The van der Waals surface area contributed by atoms with Crippen molar-refractivity contribution in [2.24, 2.45) is 0 Å². The first kappa shape index (κ1) is 11.5. The molecule has 1 aliphatic carbocycles. The first-order valence-corrected chi connectivity index (χ1v) is 7.53. The van der Waals surface area contributed by atoms with Crippen molar-refractivity contribution in [1.82, 2.24) is 5.32 Å². The molecule has 1 N–H and O–H groups in total. The van der Waals surface area contributed by atoms with Crippen LogP contribution in [0.25, 0.3) is 0 Å². The summed E-state index contributed by atoms with van der Waals surface area (Å²) in [7, 11) is 2.11. The van der Waals surface area contributed by atoms with E-state index in [1.165, 1.54) is 36.3 Å². The monoisotopic (exact) mass is 241 g/mol. The van der Waals surface area contributed by atoms with Crippen LogP contribution in [0.5, 0.6) is 0 Å². The number of rotatable bonds is 3. The van der Waals surface area contributed by atoms with Crippen LogP contribution in [-0.4, -0.2) is 18.3 Å². The van der Waals surface area contributed by atoms with Gasteiger partial charge in [0.1, 0.15) is 0 Å². The molecule has 0 bridgehead atoms. The van der Waals surface area contributed by atoms with Crippen molar-refractivity contribution in [2.45, 2.75) is 47.6 Å². The summed E-state index contributed by atoms with van der Waals surface area (Å²) in [6, 6.07) is 5.10. The molecule has 0 aliphatic heterocycles. The molecule has 1 nitrogen and oxygen atoms in total. The molecule has 1 saturated carbocycles. The Bertz CT molecular complexity index is 271. The molecule has 2 atom stereocenters. The minimum Gasteiger partial charge on any atom is -0.316 e. The van der Waals surface area contributed by atoms with Crippen molar-refractivity contribution < 1.29 is 0 Å². The Kier molecular flexibility index (Phi) is 4.54. The van der Waals surface area contributed by atoms with E-state index in [1.807, 2.05) is 11.3 Å². The summed E-state index contributed by atoms with van der Waals surface area (Å²) in [5.74, 6) is 0. The Morgan fingerprint density at radius 3 is 2.93 bits per heavy atom. The van der Waals surface area contributed by atoms with Gasteiger partial charge in [-0.3, -0.25) is 0 Å². The maximum atomic E-state index is 3.49. The molecule has 0 radical (unpaired) electrons. The molecule has 0 saturated heterocycles. The van der Waals surface area contributed by atoms with Crippen molar-refractivity contribution in [3.8, 4) is 0 Å². The van der Waals surface area contributed by atoms with Crippen LogP contribution < -0.4 is 5.32 Å². The van der Waals surface area contributed by atoms with Crippen molar-refractivity contribution in [1.29, 1.82) is 0 Å². The molecule has 0 spiro atoms. The van der Waals surface area contributed by atoms with Gasteiger partial charge in [-0.15, -0.1) is 23.1 Å². The van der Waals surface area contributed by atoms with Gasteiger partial charge in [0.2, 0.25) is 0 Å². The molecule has 15 heavy (non-hydrogen) atoms. The predicted octanol–water partition coefficient (Wildman–Crippen LogP) is 3.76. The van der Waals surface area contributed by atoms with E-state index in [0.717, 1.165) is 5.25 Å². The number of thioether (sulfide) groups is 1. The van der Waals surface area contributed by atoms with Crippen LogP contribution >= 0.6 is 23.1 Å². The maximum Gasteiger partial charge on any atom is 0.0601 e. The summed E-state index contributed by atoms with van der Waals surface area (Å²) in [6.07, 6.45) is 6.93. The van der Waals surface area contributed by atoms with E-state index in [2.05, 4.69) is 41.6 Å². The third-order valence-electron chi connectivity index (χ3n) is 3.09. The number of thiophene rings is 1. The third kappa shape index (κ3) is 3.23. The maximum absolute atomic E-state index is 3.49. The predicted molar refractivity (Wildman–Crippen MR) is 69.9 cm³/mol. The van der Waals surface area contributed by atoms with Crippen LogP contribution in [0, 0.1) is 0 Å². The van der Waals surface area contributed by atoms with Crippen LogP contribution in [-0.2, 0) is 0 Å². The zero-order valence-electron chi connectivity index (χ0n) is 9.24. The Hall–Kier alpha value is 0.01000. The van der Waals surface area contributed by atoms with Gasteiger partial charge >= 0.3 is 0 Å². The Labute approximate surface area is 101 Å². The lowest BCUT2D eigenvalue weighted by molar-refractivity contribution is 0.510. The summed E-state index contributed by atoms with van der Waals surface area (Å²) < 4.78 is 1.47. The van der Waals surface area contributed by atoms with E-state index in [-0.39, 0.29) is 0 Å². The molecule has 2 rings (SSSR count). The van der Waals surface area contributed by atoms with Crippen molar-refractivity contribution >= 4 is 23.1 Å². The van der Waals surface area contributed by atoms with Gasteiger partial charge in [0, 0.05) is 11.3 Å². The van der Waals surface area contributed by atoms with Gasteiger partial charge in [0.05, 0.1) is 4.21 Å². The summed E-state index contributed by atoms with van der Waals surface area (Å²) in [5.41, 5.74) is 0. The number of hydrogen-bond acceptors (Lipinski definition) is 3. The van der Waals surface area contributed by atoms with E-state index in [0.29, 0.717) is 6.04 Å². The Morgan fingerprint density at radius 2 is 2.20 bits per heavy atom. The van der Waals surface area contributed by atoms with E-state index in [9.17, 15) is 0 Å². The standard InChI is InChI=1S/C12H19NS2/c1-13-10-6-3-2-4-7-11(10)15-12-8-5-9-14-12/h5,8-11,13H,2-4,6-7H2,1H3. The van der Waals surface area contributed by atoms with Crippen LogP contribution in [0.3, 0.4) is 0 Å². The molecule has 0 aromatic carbocycles. The van der Waals surface area contributed by atoms with Crippen LogP contribution in [0.15, 0.2) is 21.7 Å².